The second kappa shape index (κ2) is 9.78. The molecule has 1 saturated heterocycles. The monoisotopic (exact) mass is 346 g/mol. The van der Waals surface area contributed by atoms with Crippen LogP contribution in [0.1, 0.15) is 46.1 Å². The Kier molecular flexibility index (Phi) is 7.72. The third-order valence-electron chi connectivity index (χ3n) is 4.87. The minimum absolute atomic E-state index is 0.0579. The van der Waals surface area contributed by atoms with Crippen LogP contribution in [-0.4, -0.2) is 53.7 Å². The largest absolute Gasteiger partial charge is 0.337 e. The number of likely N-dealkylation sites (tertiary alicyclic amines) is 1. The molecule has 1 heterocycles. The van der Waals surface area contributed by atoms with Crippen molar-refractivity contribution in [2.24, 2.45) is 0 Å². The van der Waals surface area contributed by atoms with Gasteiger partial charge in [0.05, 0.1) is 6.17 Å². The number of carbonyl (C=O) groups is 1. The normalized spacial score (nSPS) is 18.3. The summed E-state index contributed by atoms with van der Waals surface area (Å²) >= 11 is 0. The predicted octanol–water partition coefficient (Wildman–Crippen LogP) is 3.03. The number of hydrogen-bond acceptors (Lipinski definition) is 3. The first-order valence-corrected chi connectivity index (χ1v) is 9.55. The highest BCUT2D eigenvalue weighted by molar-refractivity contribution is 5.74. The average molecular weight is 347 g/mol. The van der Waals surface area contributed by atoms with E-state index >= 15 is 0 Å². The molecule has 1 fully saturated rings. The molecule has 1 unspecified atom stereocenters. The lowest BCUT2D eigenvalue weighted by molar-refractivity contribution is 0.171. The van der Waals surface area contributed by atoms with Gasteiger partial charge in [-0.2, -0.15) is 0 Å². The fraction of sp³-hybridized carbons (Fsp3) is 0.650. The molecule has 140 valence electrons. The van der Waals surface area contributed by atoms with Crippen molar-refractivity contribution >= 4 is 6.03 Å². The Morgan fingerprint density at radius 3 is 2.52 bits per heavy atom. The topological polar surface area (TPSA) is 47.6 Å². The summed E-state index contributed by atoms with van der Waals surface area (Å²) in [5, 5.41) is 6.15. The lowest BCUT2D eigenvalue weighted by Gasteiger charge is -2.30. The molecule has 5 heteroatoms. The molecule has 0 bridgehead atoms. The number of nitrogens with one attached hydrogen (secondary N) is 2. The molecule has 1 aromatic rings. The minimum atomic E-state index is -0.0579. The maximum absolute atomic E-state index is 12.3. The first-order chi connectivity index (χ1) is 12.0. The van der Waals surface area contributed by atoms with Crippen LogP contribution < -0.4 is 10.6 Å². The van der Waals surface area contributed by atoms with Crippen molar-refractivity contribution < 1.29 is 4.79 Å². The Bertz CT molecular complexity index is 510. The Hall–Kier alpha value is -1.59. The number of urea groups is 1. The van der Waals surface area contributed by atoms with Crippen molar-refractivity contribution in [3.05, 3.63) is 35.9 Å². The van der Waals surface area contributed by atoms with Crippen LogP contribution in [0.4, 0.5) is 4.79 Å². The summed E-state index contributed by atoms with van der Waals surface area (Å²) in [6.07, 6.45) is 2.28. The van der Waals surface area contributed by atoms with Crippen LogP contribution in [0.15, 0.2) is 30.3 Å². The summed E-state index contributed by atoms with van der Waals surface area (Å²) in [5.41, 5.74) is 1.29. The lowest BCUT2D eigenvalue weighted by atomic mass is 10.2. The summed E-state index contributed by atoms with van der Waals surface area (Å²) in [5.74, 6) is 0. The predicted molar refractivity (Wildman–Crippen MR) is 103 cm³/mol. The quantitative estimate of drug-likeness (QED) is 0.761. The van der Waals surface area contributed by atoms with Gasteiger partial charge in [-0.25, -0.2) is 4.79 Å². The van der Waals surface area contributed by atoms with Gasteiger partial charge in [-0.1, -0.05) is 30.3 Å². The summed E-state index contributed by atoms with van der Waals surface area (Å²) in [6.45, 7) is 12.3. The van der Waals surface area contributed by atoms with Crippen LogP contribution in [0.3, 0.4) is 0 Å². The molecular formula is C20H34N4O. The first-order valence-electron chi connectivity index (χ1n) is 9.55. The molecule has 0 radical (unpaired) electrons. The van der Waals surface area contributed by atoms with Gasteiger partial charge in [0.2, 0.25) is 0 Å². The van der Waals surface area contributed by atoms with Gasteiger partial charge in [-0.3, -0.25) is 9.80 Å². The van der Waals surface area contributed by atoms with Crippen molar-refractivity contribution in [1.82, 2.24) is 20.4 Å². The number of rotatable bonds is 8. The minimum Gasteiger partial charge on any atom is -0.337 e. The van der Waals surface area contributed by atoms with Crippen molar-refractivity contribution in [3.63, 3.8) is 0 Å². The lowest BCUT2D eigenvalue weighted by Crippen LogP contribution is -2.50. The van der Waals surface area contributed by atoms with E-state index in [1.165, 1.54) is 5.56 Å². The number of benzene rings is 1. The van der Waals surface area contributed by atoms with Gasteiger partial charge >= 0.3 is 6.03 Å². The van der Waals surface area contributed by atoms with Crippen LogP contribution in [0.2, 0.25) is 0 Å². The fourth-order valence-electron chi connectivity index (χ4n) is 3.61. The van der Waals surface area contributed by atoms with E-state index in [1.807, 2.05) is 6.07 Å². The molecule has 25 heavy (non-hydrogen) atoms. The number of carbonyl (C=O) groups excluding carboxylic acids is 1. The molecule has 1 aliphatic rings. The van der Waals surface area contributed by atoms with Gasteiger partial charge in [0.1, 0.15) is 0 Å². The van der Waals surface area contributed by atoms with Gasteiger partial charge in [-0.05, 0) is 46.1 Å². The van der Waals surface area contributed by atoms with E-state index in [2.05, 4.69) is 72.4 Å². The van der Waals surface area contributed by atoms with Crippen molar-refractivity contribution in [2.45, 2.75) is 65.3 Å². The van der Waals surface area contributed by atoms with Crippen LogP contribution >= 0.6 is 0 Å². The maximum Gasteiger partial charge on any atom is 0.316 e. The molecule has 2 amide bonds. The summed E-state index contributed by atoms with van der Waals surface area (Å²) in [6, 6.07) is 11.4. The third kappa shape index (κ3) is 6.33. The molecule has 2 rings (SSSR count). The molecular weight excluding hydrogens is 312 g/mol. The van der Waals surface area contributed by atoms with Gasteiger partial charge in [0, 0.05) is 38.3 Å². The molecule has 0 aromatic heterocycles. The summed E-state index contributed by atoms with van der Waals surface area (Å²) in [4.78, 5) is 17.0. The third-order valence-corrected chi connectivity index (χ3v) is 4.87. The molecule has 5 nitrogen and oxygen atoms in total. The van der Waals surface area contributed by atoms with Crippen molar-refractivity contribution in [2.75, 3.05) is 19.6 Å². The van der Waals surface area contributed by atoms with E-state index < -0.39 is 0 Å². The van der Waals surface area contributed by atoms with E-state index in [-0.39, 0.29) is 12.2 Å². The van der Waals surface area contributed by atoms with Crippen LogP contribution in [0.5, 0.6) is 0 Å². The smallest absolute Gasteiger partial charge is 0.316 e. The van der Waals surface area contributed by atoms with E-state index in [0.29, 0.717) is 18.6 Å². The van der Waals surface area contributed by atoms with Gasteiger partial charge in [0.25, 0.3) is 0 Å². The molecule has 1 aliphatic heterocycles. The van der Waals surface area contributed by atoms with Crippen LogP contribution in [-0.2, 0) is 6.54 Å². The highest BCUT2D eigenvalue weighted by atomic mass is 16.2. The zero-order valence-corrected chi connectivity index (χ0v) is 16.2. The van der Waals surface area contributed by atoms with E-state index in [0.717, 1.165) is 32.5 Å². The van der Waals surface area contributed by atoms with Crippen molar-refractivity contribution in [3.8, 4) is 0 Å². The second-order valence-electron chi connectivity index (χ2n) is 7.44. The van der Waals surface area contributed by atoms with Gasteiger partial charge in [-0.15, -0.1) is 0 Å². The van der Waals surface area contributed by atoms with E-state index in [4.69, 9.17) is 0 Å². The average Bonchev–Trinajstić information content (AvgIpc) is 2.98. The first kappa shape index (κ1) is 19.7. The Labute approximate surface area is 152 Å². The standard InChI is InChI=1S/C20H34N4O/c1-16(2)24(17(3)4)14-12-21-20(25)22-19-11-8-13-23(19)15-18-9-6-5-7-10-18/h5-7,9-10,16-17,19H,8,11-15H2,1-4H3,(H2,21,22,25). The van der Waals surface area contributed by atoms with E-state index in [9.17, 15) is 4.79 Å². The molecule has 1 atom stereocenters. The van der Waals surface area contributed by atoms with Crippen molar-refractivity contribution in [1.29, 1.82) is 0 Å². The maximum atomic E-state index is 12.3. The second-order valence-corrected chi connectivity index (χ2v) is 7.44. The number of hydrogen-bond donors (Lipinski definition) is 2. The molecule has 0 aliphatic carbocycles. The molecule has 0 spiro atoms. The fourth-order valence-corrected chi connectivity index (χ4v) is 3.61. The summed E-state index contributed by atoms with van der Waals surface area (Å²) in [7, 11) is 0. The molecule has 1 aromatic carbocycles. The number of amides is 2. The molecule has 2 N–H and O–H groups in total. The Morgan fingerprint density at radius 1 is 1.20 bits per heavy atom. The van der Waals surface area contributed by atoms with E-state index in [1.54, 1.807) is 0 Å². The Balaban J connectivity index is 1.75. The highest BCUT2D eigenvalue weighted by Crippen LogP contribution is 2.18. The Morgan fingerprint density at radius 2 is 1.88 bits per heavy atom. The highest BCUT2D eigenvalue weighted by Gasteiger charge is 2.25. The van der Waals surface area contributed by atoms with Gasteiger partial charge in [0.15, 0.2) is 0 Å². The SMILES string of the molecule is CC(C)N(CCNC(=O)NC1CCCN1Cc1ccccc1)C(C)C. The zero-order valence-electron chi connectivity index (χ0n) is 16.2. The molecule has 0 saturated carbocycles. The van der Waals surface area contributed by atoms with Crippen LogP contribution in [0, 0.1) is 0 Å². The summed E-state index contributed by atoms with van der Waals surface area (Å²) < 4.78 is 0. The van der Waals surface area contributed by atoms with Gasteiger partial charge < -0.3 is 10.6 Å². The van der Waals surface area contributed by atoms with Crippen LogP contribution in [0.25, 0.3) is 0 Å². The zero-order chi connectivity index (χ0) is 18.2. The number of nitrogens with zero attached hydrogens (tertiary/aromatic N) is 2.